The van der Waals surface area contributed by atoms with Crippen LogP contribution in [0.4, 0.5) is 0 Å². The minimum atomic E-state index is -0.432. The Bertz CT molecular complexity index is 931. The lowest BCUT2D eigenvalue weighted by molar-refractivity contribution is -0.132. The number of amides is 1. The maximum atomic E-state index is 12.7. The van der Waals surface area contributed by atoms with E-state index in [0.29, 0.717) is 30.5 Å². The van der Waals surface area contributed by atoms with E-state index < -0.39 is 11.5 Å². The number of rotatable bonds is 6. The number of fused-ring (bicyclic) bond motifs is 1. The molecule has 1 aromatic carbocycles. The van der Waals surface area contributed by atoms with Gasteiger partial charge >= 0.3 is 0 Å². The fourth-order valence-corrected chi connectivity index (χ4v) is 4.41. The van der Waals surface area contributed by atoms with E-state index in [4.69, 9.17) is 23.2 Å². The SMILES string of the molecule is CCCc1cc(C)cnc1CCCC(=O)N1CCc2c(Cl)c(O)c(O)c(Cl)c2C1. The van der Waals surface area contributed by atoms with Gasteiger partial charge in [0.25, 0.3) is 0 Å². The first-order valence-corrected chi connectivity index (χ1v) is 10.7. The van der Waals surface area contributed by atoms with Gasteiger partial charge in [-0.3, -0.25) is 9.78 Å². The van der Waals surface area contributed by atoms with Crippen LogP contribution in [-0.4, -0.2) is 32.5 Å². The molecule has 0 radical (unpaired) electrons. The van der Waals surface area contributed by atoms with Gasteiger partial charge in [-0.25, -0.2) is 0 Å². The number of pyridine rings is 1. The zero-order valence-corrected chi connectivity index (χ0v) is 18.3. The number of benzene rings is 1. The van der Waals surface area contributed by atoms with E-state index in [2.05, 4.69) is 18.0 Å². The van der Waals surface area contributed by atoms with Crippen LogP contribution in [0.25, 0.3) is 0 Å². The van der Waals surface area contributed by atoms with Gasteiger partial charge in [0, 0.05) is 31.4 Å². The van der Waals surface area contributed by atoms with E-state index in [9.17, 15) is 15.0 Å². The van der Waals surface area contributed by atoms with E-state index in [1.807, 2.05) is 13.1 Å². The minimum absolute atomic E-state index is 0.0413. The van der Waals surface area contributed by atoms with Crippen molar-refractivity contribution in [3.8, 4) is 11.5 Å². The van der Waals surface area contributed by atoms with Crippen LogP contribution in [0.15, 0.2) is 12.3 Å². The van der Waals surface area contributed by atoms with Gasteiger partial charge in [0.15, 0.2) is 11.5 Å². The first-order chi connectivity index (χ1) is 13.8. The van der Waals surface area contributed by atoms with Crippen molar-refractivity contribution >= 4 is 29.1 Å². The highest BCUT2D eigenvalue weighted by molar-refractivity contribution is 6.36. The Morgan fingerprint density at radius 3 is 2.55 bits per heavy atom. The van der Waals surface area contributed by atoms with Crippen LogP contribution in [0, 0.1) is 6.92 Å². The molecule has 0 aliphatic carbocycles. The first kappa shape index (κ1) is 21.7. The second-order valence-corrected chi connectivity index (χ2v) is 8.33. The van der Waals surface area contributed by atoms with Gasteiger partial charge in [0.1, 0.15) is 0 Å². The summed E-state index contributed by atoms with van der Waals surface area (Å²) in [7, 11) is 0. The summed E-state index contributed by atoms with van der Waals surface area (Å²) in [6.07, 6.45) is 6.36. The summed E-state index contributed by atoms with van der Waals surface area (Å²) < 4.78 is 0. The van der Waals surface area contributed by atoms with Gasteiger partial charge < -0.3 is 15.1 Å². The number of aromatic hydroxyl groups is 2. The Morgan fingerprint density at radius 1 is 1.17 bits per heavy atom. The molecule has 0 saturated carbocycles. The molecule has 1 aromatic heterocycles. The van der Waals surface area contributed by atoms with Crippen molar-refractivity contribution in [1.82, 2.24) is 9.88 Å². The molecule has 2 heterocycles. The molecule has 0 fully saturated rings. The van der Waals surface area contributed by atoms with Crippen LogP contribution in [0.3, 0.4) is 0 Å². The van der Waals surface area contributed by atoms with E-state index in [-0.39, 0.29) is 22.5 Å². The Labute approximate surface area is 181 Å². The molecule has 0 saturated heterocycles. The molecule has 1 amide bonds. The summed E-state index contributed by atoms with van der Waals surface area (Å²) in [6.45, 7) is 4.99. The number of phenolic OH excluding ortho intramolecular Hbond substituents is 2. The van der Waals surface area contributed by atoms with Gasteiger partial charge in [-0.05, 0) is 54.9 Å². The van der Waals surface area contributed by atoms with Gasteiger partial charge in [-0.2, -0.15) is 0 Å². The number of aryl methyl sites for hydroxylation is 3. The second-order valence-electron chi connectivity index (χ2n) is 7.57. The average molecular weight is 437 g/mol. The molecule has 7 heteroatoms. The van der Waals surface area contributed by atoms with Crippen molar-refractivity contribution in [3.63, 3.8) is 0 Å². The maximum Gasteiger partial charge on any atom is 0.222 e. The Morgan fingerprint density at radius 2 is 1.86 bits per heavy atom. The van der Waals surface area contributed by atoms with Crippen molar-refractivity contribution in [2.24, 2.45) is 0 Å². The summed E-state index contributed by atoms with van der Waals surface area (Å²) in [6, 6.07) is 2.18. The molecule has 5 nitrogen and oxygen atoms in total. The average Bonchev–Trinajstić information content (AvgIpc) is 2.72. The molecular formula is C22H26Cl2N2O3. The number of aromatic nitrogens is 1. The molecule has 1 aliphatic rings. The normalized spacial score (nSPS) is 13.4. The third kappa shape index (κ3) is 4.62. The number of nitrogens with zero attached hydrogens (tertiary/aromatic N) is 2. The van der Waals surface area contributed by atoms with E-state index in [0.717, 1.165) is 36.9 Å². The van der Waals surface area contributed by atoms with Gasteiger partial charge in [0.2, 0.25) is 5.91 Å². The molecule has 0 spiro atoms. The molecule has 0 atom stereocenters. The maximum absolute atomic E-state index is 12.7. The van der Waals surface area contributed by atoms with Crippen LogP contribution in [0.1, 0.15) is 54.1 Å². The van der Waals surface area contributed by atoms with E-state index in [1.165, 1.54) is 5.56 Å². The van der Waals surface area contributed by atoms with Crippen molar-refractivity contribution in [2.45, 2.75) is 58.9 Å². The van der Waals surface area contributed by atoms with Crippen molar-refractivity contribution in [1.29, 1.82) is 0 Å². The Kier molecular flexibility index (Phi) is 6.91. The minimum Gasteiger partial charge on any atom is -0.503 e. The number of halogens is 2. The lowest BCUT2D eigenvalue weighted by Gasteiger charge is -2.30. The van der Waals surface area contributed by atoms with Crippen LogP contribution in [0.2, 0.25) is 10.0 Å². The molecule has 156 valence electrons. The fraction of sp³-hybridized carbons (Fsp3) is 0.455. The molecule has 2 aromatic rings. The summed E-state index contributed by atoms with van der Waals surface area (Å²) in [5, 5.41) is 20.0. The molecule has 0 unspecified atom stereocenters. The lowest BCUT2D eigenvalue weighted by Crippen LogP contribution is -2.36. The third-order valence-electron chi connectivity index (χ3n) is 5.39. The summed E-state index contributed by atoms with van der Waals surface area (Å²) in [5.41, 5.74) is 4.80. The number of hydrogen-bond donors (Lipinski definition) is 2. The summed E-state index contributed by atoms with van der Waals surface area (Å²) in [4.78, 5) is 19.0. The highest BCUT2D eigenvalue weighted by Gasteiger charge is 2.28. The van der Waals surface area contributed by atoms with Crippen LogP contribution in [-0.2, 0) is 30.6 Å². The number of carbonyl (C=O) groups excluding carboxylic acids is 1. The van der Waals surface area contributed by atoms with Crippen molar-refractivity contribution in [2.75, 3.05) is 6.54 Å². The third-order valence-corrected chi connectivity index (χ3v) is 6.20. The standard InChI is InChI=1S/C22H26Cl2N2O3/c1-3-5-14-10-13(2)11-25-17(14)6-4-7-18(27)26-9-8-15-16(12-26)20(24)22(29)21(28)19(15)23/h10-11,28-29H,3-9,12H2,1-2H3. The van der Waals surface area contributed by atoms with E-state index in [1.54, 1.807) is 4.90 Å². The topological polar surface area (TPSA) is 73.7 Å². The largest absolute Gasteiger partial charge is 0.503 e. The number of phenols is 2. The zero-order valence-electron chi connectivity index (χ0n) is 16.8. The molecule has 1 aliphatic heterocycles. The second kappa shape index (κ2) is 9.23. The molecule has 0 bridgehead atoms. The highest BCUT2D eigenvalue weighted by atomic mass is 35.5. The van der Waals surface area contributed by atoms with Crippen LogP contribution >= 0.6 is 23.2 Å². The predicted molar refractivity (Wildman–Crippen MR) is 115 cm³/mol. The van der Waals surface area contributed by atoms with Crippen molar-refractivity contribution < 1.29 is 15.0 Å². The first-order valence-electron chi connectivity index (χ1n) is 9.96. The monoisotopic (exact) mass is 436 g/mol. The van der Waals surface area contributed by atoms with E-state index >= 15 is 0 Å². The van der Waals surface area contributed by atoms with Gasteiger partial charge in [-0.1, -0.05) is 42.6 Å². The summed E-state index contributed by atoms with van der Waals surface area (Å²) >= 11 is 12.3. The summed E-state index contributed by atoms with van der Waals surface area (Å²) in [5.74, 6) is -0.790. The molecular weight excluding hydrogens is 411 g/mol. The van der Waals surface area contributed by atoms with Crippen LogP contribution in [0.5, 0.6) is 11.5 Å². The smallest absolute Gasteiger partial charge is 0.222 e. The lowest BCUT2D eigenvalue weighted by atomic mass is 9.97. The molecule has 29 heavy (non-hydrogen) atoms. The van der Waals surface area contributed by atoms with Gasteiger partial charge in [-0.15, -0.1) is 0 Å². The highest BCUT2D eigenvalue weighted by Crippen LogP contribution is 2.46. The molecule has 3 rings (SSSR count). The fourth-order valence-electron chi connectivity index (χ4n) is 3.85. The van der Waals surface area contributed by atoms with Crippen LogP contribution < -0.4 is 0 Å². The number of carbonyl (C=O) groups is 1. The predicted octanol–water partition coefficient (Wildman–Crippen LogP) is 4.97. The quantitative estimate of drug-likeness (QED) is 0.626. The van der Waals surface area contributed by atoms with Gasteiger partial charge in [0.05, 0.1) is 10.0 Å². The Balaban J connectivity index is 1.64. The number of hydrogen-bond acceptors (Lipinski definition) is 4. The Hall–Kier alpha value is -1.98. The van der Waals surface area contributed by atoms with Crippen molar-refractivity contribution in [3.05, 3.63) is 50.3 Å². The molecule has 2 N–H and O–H groups in total. The zero-order chi connectivity index (χ0) is 21.1.